The van der Waals surface area contributed by atoms with Crippen LogP contribution in [-0.4, -0.2) is 30.2 Å². The molecule has 0 saturated heterocycles. The standard InChI is InChI=1S/C12H11ClN4O3S/c13-8-11(18)16-9-2-4-10(5-3-9)21(19,20)17-12-14-6-1-7-15-12/h1-7H,8H2,(H2,14,15,16,17,18)/p-1. The van der Waals surface area contributed by atoms with E-state index in [2.05, 4.69) is 20.0 Å². The molecule has 0 unspecified atom stereocenters. The number of amides is 1. The van der Waals surface area contributed by atoms with E-state index >= 15 is 0 Å². The molecule has 0 aliphatic heterocycles. The van der Waals surface area contributed by atoms with Gasteiger partial charge in [-0.3, -0.25) is 9.52 Å². The van der Waals surface area contributed by atoms with Crippen molar-refractivity contribution in [3.63, 3.8) is 0 Å². The number of sulfonamides is 1. The summed E-state index contributed by atoms with van der Waals surface area (Å²) in [6.45, 7) is 0. The third-order valence-corrected chi connectivity index (χ3v) is 3.83. The number of halogens is 1. The van der Waals surface area contributed by atoms with E-state index in [1.165, 1.54) is 36.7 Å². The van der Waals surface area contributed by atoms with Gasteiger partial charge in [-0.25, -0.2) is 8.42 Å². The van der Waals surface area contributed by atoms with Crippen molar-refractivity contribution in [1.29, 1.82) is 0 Å². The quantitative estimate of drug-likeness (QED) is 0.847. The zero-order valence-corrected chi connectivity index (χ0v) is 12.2. The lowest BCUT2D eigenvalue weighted by atomic mass is 10.3. The van der Waals surface area contributed by atoms with Gasteiger partial charge in [0.05, 0.1) is 4.90 Å². The summed E-state index contributed by atoms with van der Waals surface area (Å²) in [5, 5.41) is 2.50. The highest BCUT2D eigenvalue weighted by Crippen LogP contribution is 2.24. The molecule has 1 heterocycles. The summed E-state index contributed by atoms with van der Waals surface area (Å²) in [5.74, 6) is -0.701. The number of carbonyl (C=O) groups excluding carboxylic acids is 1. The van der Waals surface area contributed by atoms with E-state index in [0.717, 1.165) is 0 Å². The third kappa shape index (κ3) is 4.14. The molecule has 0 aliphatic rings. The largest absolute Gasteiger partial charge is 0.366 e. The van der Waals surface area contributed by atoms with Crippen molar-refractivity contribution in [3.8, 4) is 0 Å². The maximum Gasteiger partial charge on any atom is 0.239 e. The first-order chi connectivity index (χ1) is 10.0. The Bertz CT molecular complexity index is 720. The highest BCUT2D eigenvalue weighted by Gasteiger charge is 2.11. The van der Waals surface area contributed by atoms with E-state index in [0.29, 0.717) is 5.69 Å². The second-order valence-electron chi connectivity index (χ2n) is 3.82. The molecule has 0 atom stereocenters. The molecule has 1 aromatic heterocycles. The molecular formula is C12H10ClN4O3S-. The van der Waals surface area contributed by atoms with E-state index in [1.807, 2.05) is 0 Å². The minimum absolute atomic E-state index is 0.0289. The molecule has 0 spiro atoms. The van der Waals surface area contributed by atoms with Crippen LogP contribution in [0.2, 0.25) is 0 Å². The first-order valence-corrected chi connectivity index (χ1v) is 7.69. The van der Waals surface area contributed by atoms with Gasteiger partial charge in [-0.05, 0) is 36.7 Å². The lowest BCUT2D eigenvalue weighted by Crippen LogP contribution is -2.12. The Hall–Kier alpha value is -2.19. The van der Waals surface area contributed by atoms with E-state index in [9.17, 15) is 13.2 Å². The van der Waals surface area contributed by atoms with Gasteiger partial charge in [-0.15, -0.1) is 11.6 Å². The Balaban J connectivity index is 2.15. The molecule has 7 nitrogen and oxygen atoms in total. The molecule has 0 radical (unpaired) electrons. The fraction of sp³-hybridized carbons (Fsp3) is 0.0833. The maximum absolute atomic E-state index is 12.0. The van der Waals surface area contributed by atoms with Gasteiger partial charge in [-0.2, -0.15) is 0 Å². The molecule has 0 fully saturated rings. The first-order valence-electron chi connectivity index (χ1n) is 5.72. The summed E-state index contributed by atoms with van der Waals surface area (Å²) in [6.07, 6.45) is 2.79. The molecule has 1 amide bonds. The van der Waals surface area contributed by atoms with Gasteiger partial charge < -0.3 is 15.3 Å². The van der Waals surface area contributed by atoms with E-state index in [1.54, 1.807) is 6.07 Å². The molecular weight excluding hydrogens is 316 g/mol. The van der Waals surface area contributed by atoms with Crippen LogP contribution in [0.4, 0.5) is 11.6 Å². The van der Waals surface area contributed by atoms with Gasteiger partial charge in [0, 0.05) is 11.6 Å². The molecule has 0 aliphatic carbocycles. The monoisotopic (exact) mass is 325 g/mol. The number of aromatic nitrogens is 2. The van der Waals surface area contributed by atoms with Crippen LogP contribution in [0.1, 0.15) is 0 Å². The van der Waals surface area contributed by atoms with Crippen LogP contribution >= 0.6 is 11.6 Å². The number of nitrogens with zero attached hydrogens (tertiary/aromatic N) is 3. The molecule has 1 aromatic carbocycles. The molecule has 2 aromatic rings. The second-order valence-corrected chi connectivity index (χ2v) is 5.69. The highest BCUT2D eigenvalue weighted by atomic mass is 35.5. The Morgan fingerprint density at radius 3 is 2.38 bits per heavy atom. The number of carbonyl (C=O) groups is 1. The van der Waals surface area contributed by atoms with Gasteiger partial charge in [0.1, 0.15) is 5.88 Å². The average Bonchev–Trinajstić information content (AvgIpc) is 2.48. The summed E-state index contributed by atoms with van der Waals surface area (Å²) in [6, 6.07) is 7.09. The normalized spacial score (nSPS) is 10.9. The van der Waals surface area contributed by atoms with Gasteiger partial charge in [0.15, 0.2) is 0 Å². The minimum Gasteiger partial charge on any atom is -0.366 e. The predicted octanol–water partition coefficient (Wildman–Crippen LogP) is 2.05. The number of nitrogens with one attached hydrogen (secondary N) is 1. The lowest BCUT2D eigenvalue weighted by Gasteiger charge is -2.12. The van der Waals surface area contributed by atoms with Crippen molar-refractivity contribution >= 4 is 39.2 Å². The topological polar surface area (TPSA) is 103 Å². The van der Waals surface area contributed by atoms with Crippen molar-refractivity contribution < 1.29 is 13.2 Å². The maximum atomic E-state index is 12.0. The van der Waals surface area contributed by atoms with Crippen molar-refractivity contribution in [2.24, 2.45) is 0 Å². The average molecular weight is 326 g/mol. The zero-order chi connectivity index (χ0) is 15.3. The van der Waals surface area contributed by atoms with Crippen LogP contribution in [0.5, 0.6) is 0 Å². The molecule has 9 heteroatoms. The van der Waals surface area contributed by atoms with Crippen LogP contribution in [-0.2, 0) is 14.8 Å². The minimum atomic E-state index is -3.90. The SMILES string of the molecule is O=C(CCl)Nc1ccc(S(=O)(=O)[N-]c2ncccn2)cc1. The number of anilines is 1. The molecule has 1 N–H and O–H groups in total. The summed E-state index contributed by atoms with van der Waals surface area (Å²) in [5.41, 5.74) is 0.440. The number of hydrogen-bond acceptors (Lipinski definition) is 5. The third-order valence-electron chi connectivity index (χ3n) is 2.31. The van der Waals surface area contributed by atoms with Gasteiger partial charge in [-0.1, -0.05) is 6.07 Å². The van der Waals surface area contributed by atoms with Crippen LogP contribution in [0, 0.1) is 0 Å². The number of benzene rings is 1. The Morgan fingerprint density at radius 2 is 1.81 bits per heavy atom. The van der Waals surface area contributed by atoms with Crippen molar-refractivity contribution in [1.82, 2.24) is 9.97 Å². The fourth-order valence-corrected chi connectivity index (χ4v) is 2.36. The highest BCUT2D eigenvalue weighted by molar-refractivity contribution is 7.94. The number of rotatable bonds is 5. The predicted molar refractivity (Wildman–Crippen MR) is 78.0 cm³/mol. The lowest BCUT2D eigenvalue weighted by molar-refractivity contribution is -0.113. The fourth-order valence-electron chi connectivity index (χ4n) is 1.40. The Kier molecular flexibility index (Phi) is 4.71. The van der Waals surface area contributed by atoms with Crippen molar-refractivity contribution in [2.75, 3.05) is 11.2 Å². The number of alkyl halides is 1. The Morgan fingerprint density at radius 1 is 1.19 bits per heavy atom. The molecule has 0 bridgehead atoms. The molecule has 0 saturated carbocycles. The summed E-state index contributed by atoms with van der Waals surface area (Å²) in [4.78, 5) is 18.5. The van der Waals surface area contributed by atoms with Gasteiger partial charge in [0.2, 0.25) is 15.9 Å². The summed E-state index contributed by atoms with van der Waals surface area (Å²) < 4.78 is 27.6. The zero-order valence-electron chi connectivity index (χ0n) is 10.6. The van der Waals surface area contributed by atoms with Crippen LogP contribution < -0.4 is 5.32 Å². The molecule has 2 rings (SSSR count). The van der Waals surface area contributed by atoms with Crippen molar-refractivity contribution in [3.05, 3.63) is 47.4 Å². The number of hydrogen-bond donors (Lipinski definition) is 1. The van der Waals surface area contributed by atoms with Crippen LogP contribution in [0.3, 0.4) is 0 Å². The Labute approximate surface area is 126 Å². The van der Waals surface area contributed by atoms with Crippen LogP contribution in [0.15, 0.2) is 47.6 Å². The second kappa shape index (κ2) is 6.51. The molecule has 110 valence electrons. The first kappa shape index (κ1) is 15.2. The van der Waals surface area contributed by atoms with Gasteiger partial charge in [0.25, 0.3) is 0 Å². The summed E-state index contributed by atoms with van der Waals surface area (Å²) >= 11 is 5.36. The van der Waals surface area contributed by atoms with Gasteiger partial charge >= 0.3 is 0 Å². The van der Waals surface area contributed by atoms with E-state index < -0.39 is 10.0 Å². The van der Waals surface area contributed by atoms with E-state index in [4.69, 9.17) is 11.6 Å². The van der Waals surface area contributed by atoms with Crippen LogP contribution in [0.25, 0.3) is 4.72 Å². The smallest absolute Gasteiger partial charge is 0.239 e. The van der Waals surface area contributed by atoms with Crippen molar-refractivity contribution in [2.45, 2.75) is 4.90 Å². The summed E-state index contributed by atoms with van der Waals surface area (Å²) in [7, 11) is -3.90. The van der Waals surface area contributed by atoms with E-state index in [-0.39, 0.29) is 22.6 Å². The molecule has 21 heavy (non-hydrogen) atoms.